The van der Waals surface area contributed by atoms with Crippen LogP contribution in [0.25, 0.3) is 0 Å². The van der Waals surface area contributed by atoms with Gasteiger partial charge in [0.15, 0.2) is 0 Å². The predicted octanol–water partition coefficient (Wildman–Crippen LogP) is -1.61. The van der Waals surface area contributed by atoms with E-state index in [1.165, 1.54) is 13.8 Å². The molecule has 0 saturated heterocycles. The van der Waals surface area contributed by atoms with Crippen molar-refractivity contribution in [2.45, 2.75) is 31.7 Å². The second-order valence-electron chi connectivity index (χ2n) is 3.44. The summed E-state index contributed by atoms with van der Waals surface area (Å²) in [4.78, 5) is 10.4. The van der Waals surface area contributed by atoms with Gasteiger partial charge in [0.05, 0.1) is 5.66 Å². The zero-order chi connectivity index (χ0) is 9.99. The molecule has 0 spiro atoms. The van der Waals surface area contributed by atoms with Gasteiger partial charge in [-0.15, -0.1) is 0 Å². The van der Waals surface area contributed by atoms with Gasteiger partial charge in [-0.25, -0.2) is 4.79 Å². The summed E-state index contributed by atoms with van der Waals surface area (Å²) < 4.78 is 0. The Morgan fingerprint density at radius 1 is 1.50 bits per heavy atom. The van der Waals surface area contributed by atoms with E-state index in [-0.39, 0.29) is 6.42 Å². The van der Waals surface area contributed by atoms with Crippen LogP contribution in [0.3, 0.4) is 0 Å². The number of aliphatic hydroxyl groups is 1. The summed E-state index contributed by atoms with van der Waals surface area (Å²) in [6.45, 7) is 2.90. The molecule has 0 aliphatic rings. The van der Waals surface area contributed by atoms with E-state index in [9.17, 15) is 9.90 Å². The van der Waals surface area contributed by atoms with Crippen LogP contribution in [0.5, 0.6) is 0 Å². The molecule has 0 aromatic heterocycles. The van der Waals surface area contributed by atoms with Crippen LogP contribution in [0.4, 0.5) is 4.79 Å². The molecule has 6 heteroatoms. The number of rotatable bonds is 3. The van der Waals surface area contributed by atoms with Crippen LogP contribution in [0.2, 0.25) is 0 Å². The van der Waals surface area contributed by atoms with Gasteiger partial charge in [-0.2, -0.15) is 0 Å². The standard InChI is InChI=1S/C6H16N4O2/c1-5(8,10-4(7)11)3-6(2,9)12/h12H,3,8-9H2,1-2H3,(H3,7,10,11). The lowest BCUT2D eigenvalue weighted by Crippen LogP contribution is -2.60. The fourth-order valence-corrected chi connectivity index (χ4v) is 1.07. The Kier molecular flexibility index (Phi) is 3.03. The predicted molar refractivity (Wildman–Crippen MR) is 44.7 cm³/mol. The van der Waals surface area contributed by atoms with Crippen molar-refractivity contribution >= 4 is 6.03 Å². The molecule has 2 unspecified atom stereocenters. The van der Waals surface area contributed by atoms with Gasteiger partial charge in [-0.05, 0) is 13.8 Å². The lowest BCUT2D eigenvalue weighted by Gasteiger charge is -2.31. The van der Waals surface area contributed by atoms with Crippen LogP contribution in [0.15, 0.2) is 0 Å². The number of primary amides is 1. The largest absolute Gasteiger partial charge is 0.376 e. The summed E-state index contributed by atoms with van der Waals surface area (Å²) in [5.41, 5.74) is 13.2. The van der Waals surface area contributed by atoms with E-state index in [0.29, 0.717) is 0 Å². The Bertz CT molecular complexity index is 173. The highest BCUT2D eigenvalue weighted by Gasteiger charge is 2.28. The Morgan fingerprint density at radius 2 is 1.92 bits per heavy atom. The van der Waals surface area contributed by atoms with Crippen LogP contribution < -0.4 is 22.5 Å². The molecule has 0 aliphatic carbocycles. The first-order valence-corrected chi connectivity index (χ1v) is 3.50. The van der Waals surface area contributed by atoms with Gasteiger partial charge in [-0.1, -0.05) is 0 Å². The highest BCUT2D eigenvalue weighted by atomic mass is 16.3. The second kappa shape index (κ2) is 3.26. The molecule has 2 atom stereocenters. The number of nitrogens with two attached hydrogens (primary N) is 3. The lowest BCUT2D eigenvalue weighted by atomic mass is 10.0. The van der Waals surface area contributed by atoms with E-state index in [1.807, 2.05) is 0 Å². The van der Waals surface area contributed by atoms with E-state index < -0.39 is 17.4 Å². The van der Waals surface area contributed by atoms with Crippen molar-refractivity contribution in [1.82, 2.24) is 5.32 Å². The van der Waals surface area contributed by atoms with E-state index in [2.05, 4.69) is 5.32 Å². The number of carbonyl (C=O) groups is 1. The summed E-state index contributed by atoms with van der Waals surface area (Å²) in [5.74, 6) is 0. The van der Waals surface area contributed by atoms with Crippen molar-refractivity contribution < 1.29 is 9.90 Å². The molecule has 0 bridgehead atoms. The topological polar surface area (TPSA) is 127 Å². The first-order chi connectivity index (χ1) is 5.12. The third-order valence-electron chi connectivity index (χ3n) is 1.13. The van der Waals surface area contributed by atoms with Gasteiger partial charge >= 0.3 is 6.03 Å². The fourth-order valence-electron chi connectivity index (χ4n) is 1.07. The van der Waals surface area contributed by atoms with Gasteiger partial charge in [-0.3, -0.25) is 0 Å². The molecule has 0 aromatic rings. The minimum Gasteiger partial charge on any atom is -0.376 e. The van der Waals surface area contributed by atoms with E-state index in [0.717, 1.165) is 0 Å². The quantitative estimate of drug-likeness (QED) is 0.331. The Labute approximate surface area is 71.1 Å². The minimum absolute atomic E-state index is 0.0168. The normalized spacial score (nSPS) is 20.8. The smallest absolute Gasteiger partial charge is 0.313 e. The van der Waals surface area contributed by atoms with Gasteiger partial charge in [0.2, 0.25) is 0 Å². The Balaban J connectivity index is 4.13. The third-order valence-corrected chi connectivity index (χ3v) is 1.13. The zero-order valence-electron chi connectivity index (χ0n) is 7.29. The molecule has 0 radical (unpaired) electrons. The van der Waals surface area contributed by atoms with E-state index in [4.69, 9.17) is 17.2 Å². The van der Waals surface area contributed by atoms with Crippen LogP contribution in [0, 0.1) is 0 Å². The van der Waals surface area contributed by atoms with Gasteiger partial charge < -0.3 is 27.6 Å². The fraction of sp³-hybridized carbons (Fsp3) is 0.833. The molecule has 2 amide bonds. The van der Waals surface area contributed by atoms with Crippen LogP contribution >= 0.6 is 0 Å². The lowest BCUT2D eigenvalue weighted by molar-refractivity contribution is 0.0324. The van der Waals surface area contributed by atoms with Gasteiger partial charge in [0.1, 0.15) is 5.72 Å². The van der Waals surface area contributed by atoms with Crippen molar-refractivity contribution in [2.24, 2.45) is 17.2 Å². The highest BCUT2D eigenvalue weighted by molar-refractivity contribution is 5.72. The molecular weight excluding hydrogens is 160 g/mol. The molecule has 0 rings (SSSR count). The molecule has 72 valence electrons. The maximum Gasteiger partial charge on any atom is 0.313 e. The molecule has 0 fully saturated rings. The van der Waals surface area contributed by atoms with Gasteiger partial charge in [0.25, 0.3) is 0 Å². The van der Waals surface area contributed by atoms with Crippen molar-refractivity contribution in [2.75, 3.05) is 0 Å². The number of hydrogen-bond acceptors (Lipinski definition) is 4. The summed E-state index contributed by atoms with van der Waals surface area (Å²) >= 11 is 0. The molecule has 0 aromatic carbocycles. The third kappa shape index (κ3) is 5.90. The Hall–Kier alpha value is -0.850. The summed E-state index contributed by atoms with van der Waals surface area (Å²) in [5, 5.41) is 11.4. The SMILES string of the molecule is CC(N)(O)CC(C)(N)NC(N)=O. The minimum atomic E-state index is -1.42. The number of nitrogens with one attached hydrogen (secondary N) is 1. The van der Waals surface area contributed by atoms with Gasteiger partial charge in [0, 0.05) is 6.42 Å². The molecule has 0 saturated carbocycles. The number of amides is 2. The molecule has 8 N–H and O–H groups in total. The van der Waals surface area contributed by atoms with Crippen LogP contribution in [-0.4, -0.2) is 22.5 Å². The van der Waals surface area contributed by atoms with Crippen molar-refractivity contribution in [3.05, 3.63) is 0 Å². The average molecular weight is 176 g/mol. The second-order valence-corrected chi connectivity index (χ2v) is 3.44. The summed E-state index contributed by atoms with van der Waals surface area (Å²) in [6, 6.07) is -0.746. The molecule has 0 aliphatic heterocycles. The molecular formula is C6H16N4O2. The molecule has 6 nitrogen and oxygen atoms in total. The van der Waals surface area contributed by atoms with Crippen LogP contribution in [-0.2, 0) is 0 Å². The maximum absolute atomic E-state index is 10.4. The molecule has 12 heavy (non-hydrogen) atoms. The zero-order valence-corrected chi connectivity index (χ0v) is 7.29. The van der Waals surface area contributed by atoms with Crippen LogP contribution in [0.1, 0.15) is 20.3 Å². The average Bonchev–Trinajstić information content (AvgIpc) is 1.48. The first kappa shape index (κ1) is 11.2. The monoisotopic (exact) mass is 176 g/mol. The summed E-state index contributed by atoms with van der Waals surface area (Å²) in [6.07, 6.45) is 0.0168. The van der Waals surface area contributed by atoms with Crippen molar-refractivity contribution in [3.63, 3.8) is 0 Å². The summed E-state index contributed by atoms with van der Waals surface area (Å²) in [7, 11) is 0. The number of carbonyl (C=O) groups excluding carboxylic acids is 1. The molecule has 0 heterocycles. The highest BCUT2D eigenvalue weighted by Crippen LogP contribution is 2.10. The first-order valence-electron chi connectivity index (χ1n) is 3.50. The van der Waals surface area contributed by atoms with Crippen molar-refractivity contribution in [3.8, 4) is 0 Å². The number of hydrogen-bond donors (Lipinski definition) is 5. The maximum atomic E-state index is 10.4. The Morgan fingerprint density at radius 3 is 2.17 bits per heavy atom. The van der Waals surface area contributed by atoms with Crippen molar-refractivity contribution in [1.29, 1.82) is 0 Å². The van der Waals surface area contributed by atoms with E-state index in [1.54, 1.807) is 0 Å². The number of urea groups is 1. The van der Waals surface area contributed by atoms with E-state index >= 15 is 0 Å².